The fourth-order valence-electron chi connectivity index (χ4n) is 3.20. The number of benzene rings is 1. The van der Waals surface area contributed by atoms with Crippen molar-refractivity contribution in [1.82, 2.24) is 14.3 Å². The van der Waals surface area contributed by atoms with E-state index in [2.05, 4.69) is 9.97 Å². The van der Waals surface area contributed by atoms with Crippen LogP contribution in [-0.4, -0.2) is 42.1 Å². The third-order valence-electron chi connectivity index (χ3n) is 4.74. The fourth-order valence-corrected chi connectivity index (χ4v) is 4.81. The van der Waals surface area contributed by atoms with E-state index >= 15 is 0 Å². The molecule has 0 fully saturated rings. The molecule has 0 spiro atoms. The van der Waals surface area contributed by atoms with Gasteiger partial charge in [-0.25, -0.2) is 13.4 Å². The average molecular weight is 391 g/mol. The Balaban J connectivity index is 1.81. The van der Waals surface area contributed by atoms with E-state index in [0.29, 0.717) is 42.9 Å². The molecule has 1 aliphatic rings. The number of nitrogens with one attached hydrogen (secondary N) is 1. The maximum atomic E-state index is 12.5. The Bertz CT molecular complexity index is 969. The molecule has 1 aromatic carbocycles. The van der Waals surface area contributed by atoms with Crippen molar-refractivity contribution in [2.24, 2.45) is 0 Å². The van der Waals surface area contributed by atoms with E-state index < -0.39 is 10.0 Å². The summed E-state index contributed by atoms with van der Waals surface area (Å²) in [5, 5.41) is 0. The lowest BCUT2D eigenvalue weighted by atomic mass is 10.1. The number of methoxy groups -OCH3 is 1. The topological polar surface area (TPSA) is 92.4 Å². The van der Waals surface area contributed by atoms with Gasteiger partial charge in [0.1, 0.15) is 11.6 Å². The minimum absolute atomic E-state index is 0.100. The number of unbranched alkanes of at least 4 members (excludes halogenated alkanes) is 1. The molecule has 0 atom stereocenters. The van der Waals surface area contributed by atoms with Crippen LogP contribution in [0.4, 0.5) is 0 Å². The van der Waals surface area contributed by atoms with Crippen molar-refractivity contribution in [3.05, 3.63) is 57.3 Å². The Morgan fingerprint density at radius 1 is 1.33 bits per heavy atom. The monoisotopic (exact) mass is 391 g/mol. The molecule has 0 bridgehead atoms. The van der Waals surface area contributed by atoms with E-state index in [1.54, 1.807) is 7.11 Å². The molecule has 7 nitrogen and oxygen atoms in total. The van der Waals surface area contributed by atoms with Gasteiger partial charge in [0.05, 0.1) is 24.1 Å². The number of aromatic nitrogens is 2. The highest BCUT2D eigenvalue weighted by molar-refractivity contribution is 7.89. The fraction of sp³-hybridized carbons (Fsp3) is 0.474. The zero-order valence-corrected chi connectivity index (χ0v) is 16.5. The molecule has 3 rings (SSSR count). The zero-order valence-electron chi connectivity index (χ0n) is 15.7. The van der Waals surface area contributed by atoms with E-state index in [0.717, 1.165) is 17.7 Å². The van der Waals surface area contributed by atoms with Crippen molar-refractivity contribution in [2.75, 3.05) is 19.4 Å². The third kappa shape index (κ3) is 4.56. The standard InChI is InChI=1S/C19H25N3O4S/c1-3-4-10-27(24,25)22-9-8-17-16(13-22)19(23)21-18(20-17)12-14-6-5-7-15(11-14)26-2/h5-7,11H,3-4,8-10,12-13H2,1-2H3,(H,20,21,23). The Morgan fingerprint density at radius 2 is 2.15 bits per heavy atom. The molecule has 2 aromatic rings. The van der Waals surface area contributed by atoms with Crippen molar-refractivity contribution in [3.8, 4) is 5.75 Å². The molecular weight excluding hydrogens is 366 g/mol. The van der Waals surface area contributed by atoms with E-state index in [-0.39, 0.29) is 17.9 Å². The van der Waals surface area contributed by atoms with E-state index in [1.165, 1.54) is 4.31 Å². The quantitative estimate of drug-likeness (QED) is 0.778. The summed E-state index contributed by atoms with van der Waals surface area (Å²) < 4.78 is 31.5. The predicted molar refractivity (Wildman–Crippen MR) is 103 cm³/mol. The molecule has 2 heterocycles. The van der Waals surface area contributed by atoms with Gasteiger partial charge in [0, 0.05) is 25.9 Å². The van der Waals surface area contributed by atoms with Crippen LogP contribution in [-0.2, 0) is 29.4 Å². The Hall–Kier alpha value is -2.19. The molecule has 0 radical (unpaired) electrons. The Kier molecular flexibility index (Phi) is 5.96. The summed E-state index contributed by atoms with van der Waals surface area (Å²) in [7, 11) is -1.72. The lowest BCUT2D eigenvalue weighted by Gasteiger charge is -2.27. The second-order valence-corrected chi connectivity index (χ2v) is 8.81. The summed E-state index contributed by atoms with van der Waals surface area (Å²) in [5.41, 5.74) is 1.87. The highest BCUT2D eigenvalue weighted by atomic mass is 32.2. The largest absolute Gasteiger partial charge is 0.497 e. The SMILES string of the molecule is CCCCS(=O)(=O)N1CCc2nc(Cc3cccc(OC)c3)[nH]c(=O)c2C1. The smallest absolute Gasteiger partial charge is 0.255 e. The van der Waals surface area contributed by atoms with E-state index in [4.69, 9.17) is 4.74 Å². The van der Waals surface area contributed by atoms with Crippen LogP contribution < -0.4 is 10.3 Å². The van der Waals surface area contributed by atoms with Gasteiger partial charge in [0.15, 0.2) is 0 Å². The maximum Gasteiger partial charge on any atom is 0.255 e. The van der Waals surface area contributed by atoms with Crippen LogP contribution in [0.15, 0.2) is 29.1 Å². The molecule has 0 amide bonds. The lowest BCUT2D eigenvalue weighted by Crippen LogP contribution is -2.40. The Morgan fingerprint density at radius 3 is 2.89 bits per heavy atom. The van der Waals surface area contributed by atoms with Crippen LogP contribution in [0.25, 0.3) is 0 Å². The van der Waals surface area contributed by atoms with Gasteiger partial charge in [0.2, 0.25) is 10.0 Å². The number of aromatic amines is 1. The van der Waals surface area contributed by atoms with Gasteiger partial charge in [-0.15, -0.1) is 0 Å². The first kappa shape index (κ1) is 19.6. The summed E-state index contributed by atoms with van der Waals surface area (Å²) in [6, 6.07) is 7.61. The summed E-state index contributed by atoms with van der Waals surface area (Å²) in [6.45, 7) is 2.43. The molecule has 146 valence electrons. The molecule has 1 aromatic heterocycles. The van der Waals surface area contributed by atoms with Crippen LogP contribution >= 0.6 is 0 Å². The first-order valence-electron chi connectivity index (χ1n) is 9.14. The summed E-state index contributed by atoms with van der Waals surface area (Å²) in [4.78, 5) is 19.9. The van der Waals surface area contributed by atoms with Crippen molar-refractivity contribution in [3.63, 3.8) is 0 Å². The molecule has 0 saturated carbocycles. The van der Waals surface area contributed by atoms with Gasteiger partial charge in [-0.05, 0) is 24.1 Å². The van der Waals surface area contributed by atoms with Crippen molar-refractivity contribution in [2.45, 2.75) is 39.2 Å². The van der Waals surface area contributed by atoms with Gasteiger partial charge >= 0.3 is 0 Å². The normalized spacial score (nSPS) is 14.7. The van der Waals surface area contributed by atoms with Crippen LogP contribution in [0.5, 0.6) is 5.75 Å². The molecule has 0 aliphatic carbocycles. The predicted octanol–water partition coefficient (Wildman–Crippen LogP) is 1.86. The molecular formula is C19H25N3O4S. The average Bonchev–Trinajstić information content (AvgIpc) is 2.66. The number of sulfonamides is 1. The highest BCUT2D eigenvalue weighted by Gasteiger charge is 2.28. The molecule has 1 N–H and O–H groups in total. The summed E-state index contributed by atoms with van der Waals surface area (Å²) in [6.07, 6.45) is 2.38. The zero-order chi connectivity index (χ0) is 19.4. The first-order chi connectivity index (χ1) is 12.9. The van der Waals surface area contributed by atoms with Gasteiger partial charge < -0.3 is 9.72 Å². The summed E-state index contributed by atoms with van der Waals surface area (Å²) >= 11 is 0. The number of fused-ring (bicyclic) bond motifs is 1. The van der Waals surface area contributed by atoms with E-state index in [9.17, 15) is 13.2 Å². The van der Waals surface area contributed by atoms with Crippen molar-refractivity contribution >= 4 is 10.0 Å². The molecule has 8 heteroatoms. The second-order valence-electron chi connectivity index (χ2n) is 6.72. The van der Waals surface area contributed by atoms with Crippen molar-refractivity contribution in [1.29, 1.82) is 0 Å². The highest BCUT2D eigenvalue weighted by Crippen LogP contribution is 2.19. The number of hydrogen-bond donors (Lipinski definition) is 1. The van der Waals surface area contributed by atoms with Crippen LogP contribution in [0, 0.1) is 0 Å². The molecule has 0 unspecified atom stereocenters. The van der Waals surface area contributed by atoms with Gasteiger partial charge in [-0.2, -0.15) is 4.31 Å². The second kappa shape index (κ2) is 8.22. The number of H-pyrrole nitrogens is 1. The number of nitrogens with zero attached hydrogens (tertiary/aromatic N) is 2. The minimum atomic E-state index is -3.33. The third-order valence-corrected chi connectivity index (χ3v) is 6.64. The lowest BCUT2D eigenvalue weighted by molar-refractivity contribution is 0.383. The van der Waals surface area contributed by atoms with Gasteiger partial charge in [-0.3, -0.25) is 4.79 Å². The molecule has 0 saturated heterocycles. The number of rotatable bonds is 7. The van der Waals surface area contributed by atoms with Crippen LogP contribution in [0.3, 0.4) is 0 Å². The molecule has 27 heavy (non-hydrogen) atoms. The van der Waals surface area contributed by atoms with Gasteiger partial charge in [0.25, 0.3) is 5.56 Å². The van der Waals surface area contributed by atoms with Crippen molar-refractivity contribution < 1.29 is 13.2 Å². The minimum Gasteiger partial charge on any atom is -0.497 e. The first-order valence-corrected chi connectivity index (χ1v) is 10.8. The Labute approximate surface area is 159 Å². The van der Waals surface area contributed by atoms with Crippen LogP contribution in [0.1, 0.15) is 42.4 Å². The van der Waals surface area contributed by atoms with Crippen LogP contribution in [0.2, 0.25) is 0 Å². The van der Waals surface area contributed by atoms with E-state index in [1.807, 2.05) is 31.2 Å². The number of ether oxygens (including phenoxy) is 1. The van der Waals surface area contributed by atoms with Gasteiger partial charge in [-0.1, -0.05) is 25.5 Å². The number of hydrogen-bond acceptors (Lipinski definition) is 5. The molecule has 1 aliphatic heterocycles. The summed E-state index contributed by atoms with van der Waals surface area (Å²) in [5.74, 6) is 1.45. The maximum absolute atomic E-state index is 12.5.